The first kappa shape index (κ1) is 17.4. The first-order chi connectivity index (χ1) is 7.96. The maximum atomic E-state index is 12.5. The molecule has 2 atom stereocenters. The van der Waals surface area contributed by atoms with Gasteiger partial charge in [-0.2, -0.15) is 21.6 Å². The van der Waals surface area contributed by atoms with Gasteiger partial charge in [-0.3, -0.25) is 17.7 Å². The molecular formula is C7H10F6O4S. The second-order valence-electron chi connectivity index (χ2n) is 3.69. The van der Waals surface area contributed by atoms with Crippen LogP contribution in [0.3, 0.4) is 0 Å². The molecule has 2 unspecified atom stereocenters. The van der Waals surface area contributed by atoms with Crippen molar-refractivity contribution in [1.82, 2.24) is 0 Å². The maximum absolute atomic E-state index is 12.5. The zero-order valence-corrected chi connectivity index (χ0v) is 9.48. The van der Waals surface area contributed by atoms with Gasteiger partial charge in [-0.15, -0.1) is 0 Å². The maximum Gasteiger partial charge on any atom is 0.396 e. The second-order valence-corrected chi connectivity index (χ2v) is 5.20. The summed E-state index contributed by atoms with van der Waals surface area (Å²) in [5.74, 6) is -3.63. The third-order valence-electron chi connectivity index (χ3n) is 2.40. The van der Waals surface area contributed by atoms with Crippen molar-refractivity contribution in [3.63, 3.8) is 0 Å². The Labute approximate surface area is 98.3 Å². The van der Waals surface area contributed by atoms with Crippen molar-refractivity contribution in [1.29, 1.82) is 0 Å². The molecule has 0 rings (SSSR count). The van der Waals surface area contributed by atoms with E-state index in [0.717, 1.165) is 0 Å². The van der Waals surface area contributed by atoms with Crippen molar-refractivity contribution in [3.8, 4) is 0 Å². The van der Waals surface area contributed by atoms with E-state index in [9.17, 15) is 34.8 Å². The lowest BCUT2D eigenvalue weighted by molar-refractivity contribution is -0.232. The highest BCUT2D eigenvalue weighted by Crippen LogP contribution is 2.44. The van der Waals surface area contributed by atoms with Crippen LogP contribution in [0.15, 0.2) is 0 Å². The van der Waals surface area contributed by atoms with E-state index in [-0.39, 0.29) is 0 Å². The van der Waals surface area contributed by atoms with Gasteiger partial charge in [-0.05, 0) is 0 Å². The first-order valence-corrected chi connectivity index (χ1v) is 5.85. The third-order valence-corrected chi connectivity index (χ3v) is 3.28. The zero-order valence-electron chi connectivity index (χ0n) is 8.66. The molecule has 0 saturated carbocycles. The molecular weight excluding hydrogens is 294 g/mol. The van der Waals surface area contributed by atoms with Gasteiger partial charge in [0.25, 0.3) is 10.1 Å². The van der Waals surface area contributed by atoms with Crippen molar-refractivity contribution in [2.75, 3.05) is 20.0 Å². The van der Waals surface area contributed by atoms with Gasteiger partial charge >= 0.3 is 6.18 Å². The fraction of sp³-hybridized carbons (Fsp3) is 1.00. The quantitative estimate of drug-likeness (QED) is 0.572. The van der Waals surface area contributed by atoms with Crippen LogP contribution in [-0.4, -0.2) is 49.7 Å². The van der Waals surface area contributed by atoms with Crippen LogP contribution in [0, 0.1) is 11.3 Å². The summed E-state index contributed by atoms with van der Waals surface area (Å²) in [5, 5.41) is 8.85. The fourth-order valence-electron chi connectivity index (χ4n) is 1.34. The first-order valence-electron chi connectivity index (χ1n) is 4.35. The molecule has 0 heterocycles. The molecule has 11 heteroatoms. The van der Waals surface area contributed by atoms with E-state index in [1.54, 1.807) is 0 Å². The minimum Gasteiger partial charge on any atom is -0.375 e. The van der Waals surface area contributed by atoms with E-state index in [0.29, 0.717) is 0 Å². The highest BCUT2D eigenvalue weighted by atomic mass is 32.2. The molecule has 0 bridgehead atoms. The average molecular weight is 304 g/mol. The van der Waals surface area contributed by atoms with Crippen LogP contribution in [0.4, 0.5) is 26.3 Å². The summed E-state index contributed by atoms with van der Waals surface area (Å²) in [5.41, 5.74) is -6.98. The molecule has 0 aromatic carbocycles. The van der Waals surface area contributed by atoms with Gasteiger partial charge in [0.05, 0.1) is 5.41 Å². The summed E-state index contributed by atoms with van der Waals surface area (Å²) in [7, 11) is -5.66. The Bertz CT molecular complexity index is 354. The molecule has 110 valence electrons. The molecule has 4 nitrogen and oxygen atoms in total. The monoisotopic (exact) mass is 304 g/mol. The van der Waals surface area contributed by atoms with Gasteiger partial charge in [0.15, 0.2) is 5.44 Å². The van der Waals surface area contributed by atoms with Crippen LogP contribution in [0.5, 0.6) is 0 Å². The minimum atomic E-state index is -5.66. The van der Waals surface area contributed by atoms with Crippen molar-refractivity contribution < 1.29 is 44.4 Å². The normalized spacial score (nSPS) is 17.6. The Morgan fingerprint density at radius 1 is 1.00 bits per heavy atom. The average Bonchev–Trinajstić information content (AvgIpc) is 2.22. The lowest BCUT2D eigenvalue weighted by Gasteiger charge is -2.36. The smallest absolute Gasteiger partial charge is 0.375 e. The molecule has 0 spiro atoms. The standard InChI is InChI=1S/C7H10F6O4S/c8-1-6(2-9,3-10)4(7(11,12)13)5(14)18(15,16)17/h4-5,14H,1-3H2,(H,15,16,17). The predicted octanol–water partition coefficient (Wildman–Crippen LogP) is 1.27. The molecule has 0 saturated heterocycles. The fourth-order valence-corrected chi connectivity index (χ4v) is 2.13. The number of alkyl halides is 6. The molecule has 0 amide bonds. The van der Waals surface area contributed by atoms with Gasteiger partial charge < -0.3 is 5.11 Å². The number of aliphatic hydroxyl groups excluding tert-OH is 1. The number of rotatable bonds is 6. The SMILES string of the molecule is O=S(=O)(O)C(O)C(C(F)(F)F)C(CF)(CF)CF. The Morgan fingerprint density at radius 2 is 1.33 bits per heavy atom. The summed E-state index contributed by atoms with van der Waals surface area (Å²) in [6.45, 7) is -6.59. The van der Waals surface area contributed by atoms with E-state index in [2.05, 4.69) is 0 Å². The number of halogens is 6. The third kappa shape index (κ3) is 3.48. The molecule has 2 N–H and O–H groups in total. The Morgan fingerprint density at radius 3 is 1.50 bits per heavy atom. The van der Waals surface area contributed by atoms with Crippen LogP contribution in [0.1, 0.15) is 0 Å². The number of aliphatic hydroxyl groups is 1. The lowest BCUT2D eigenvalue weighted by Crippen LogP contribution is -2.53. The van der Waals surface area contributed by atoms with Gasteiger partial charge in [0.1, 0.15) is 25.9 Å². The van der Waals surface area contributed by atoms with Gasteiger partial charge in [0.2, 0.25) is 0 Å². The van der Waals surface area contributed by atoms with E-state index in [1.807, 2.05) is 0 Å². The van der Waals surface area contributed by atoms with Crippen molar-refractivity contribution >= 4 is 10.1 Å². The van der Waals surface area contributed by atoms with Gasteiger partial charge in [0, 0.05) is 0 Å². The summed E-state index contributed by atoms with van der Waals surface area (Å²) in [6, 6.07) is 0. The summed E-state index contributed by atoms with van der Waals surface area (Å²) in [4.78, 5) is 0. The summed E-state index contributed by atoms with van der Waals surface area (Å²) >= 11 is 0. The Balaban J connectivity index is 5.79. The van der Waals surface area contributed by atoms with Crippen molar-refractivity contribution in [2.24, 2.45) is 11.3 Å². The van der Waals surface area contributed by atoms with E-state index >= 15 is 0 Å². The van der Waals surface area contributed by atoms with Crippen molar-refractivity contribution in [3.05, 3.63) is 0 Å². The van der Waals surface area contributed by atoms with Crippen LogP contribution in [0.25, 0.3) is 0 Å². The van der Waals surface area contributed by atoms with E-state index in [1.165, 1.54) is 0 Å². The Hall–Kier alpha value is -0.550. The molecule has 0 aliphatic heterocycles. The molecule has 0 aromatic rings. The summed E-state index contributed by atoms with van der Waals surface area (Å²) in [6.07, 6.45) is -5.63. The molecule has 0 aromatic heterocycles. The predicted molar refractivity (Wildman–Crippen MR) is 47.5 cm³/mol. The molecule has 0 aliphatic carbocycles. The second kappa shape index (κ2) is 5.61. The Kier molecular flexibility index (Phi) is 5.44. The van der Waals surface area contributed by atoms with Crippen LogP contribution in [0.2, 0.25) is 0 Å². The van der Waals surface area contributed by atoms with E-state index in [4.69, 9.17) is 9.66 Å². The largest absolute Gasteiger partial charge is 0.396 e. The minimum absolute atomic E-state index is 2.20. The summed E-state index contributed by atoms with van der Waals surface area (Å²) < 4.78 is 104. The van der Waals surface area contributed by atoms with Gasteiger partial charge in [-0.25, -0.2) is 0 Å². The molecule has 0 radical (unpaired) electrons. The van der Waals surface area contributed by atoms with Crippen LogP contribution >= 0.6 is 0 Å². The zero-order chi connectivity index (χ0) is 14.8. The number of hydrogen-bond donors (Lipinski definition) is 2. The number of hydrogen-bond acceptors (Lipinski definition) is 3. The lowest BCUT2D eigenvalue weighted by atomic mass is 9.78. The highest BCUT2D eigenvalue weighted by Gasteiger charge is 2.60. The highest BCUT2D eigenvalue weighted by molar-refractivity contribution is 7.86. The molecule has 0 aliphatic rings. The van der Waals surface area contributed by atoms with Gasteiger partial charge in [-0.1, -0.05) is 0 Å². The molecule has 0 fully saturated rings. The van der Waals surface area contributed by atoms with Crippen LogP contribution in [-0.2, 0) is 10.1 Å². The van der Waals surface area contributed by atoms with E-state index < -0.39 is 53.1 Å². The topological polar surface area (TPSA) is 74.6 Å². The van der Waals surface area contributed by atoms with Crippen LogP contribution < -0.4 is 0 Å². The molecule has 18 heavy (non-hydrogen) atoms. The van der Waals surface area contributed by atoms with Crippen molar-refractivity contribution in [2.45, 2.75) is 11.6 Å².